The van der Waals surface area contributed by atoms with Crippen molar-refractivity contribution >= 4 is 29.4 Å². The van der Waals surface area contributed by atoms with Crippen LogP contribution >= 0.6 is 12.4 Å². The summed E-state index contributed by atoms with van der Waals surface area (Å²) in [5.74, 6) is 5.88. The lowest BCUT2D eigenvalue weighted by molar-refractivity contribution is 0.143. The second-order valence-electron chi connectivity index (χ2n) is 5.92. The number of aryl methyl sites for hydroxylation is 1. The van der Waals surface area contributed by atoms with Gasteiger partial charge in [-0.05, 0) is 31.9 Å². The number of aromatic nitrogens is 4. The first kappa shape index (κ1) is 18.6. The number of hydrogen-bond donors (Lipinski definition) is 2. The highest BCUT2D eigenvalue weighted by Gasteiger charge is 2.16. The average Bonchev–Trinajstić information content (AvgIpc) is 2.83. The molecular formula is C17H17ClFN5O. The maximum absolute atomic E-state index is 13.5. The van der Waals surface area contributed by atoms with E-state index in [4.69, 9.17) is 5.73 Å². The predicted octanol–water partition coefficient (Wildman–Crippen LogP) is 2.30. The summed E-state index contributed by atoms with van der Waals surface area (Å²) in [7, 11) is 1.76. The van der Waals surface area contributed by atoms with Crippen molar-refractivity contribution in [2.45, 2.75) is 19.4 Å². The van der Waals surface area contributed by atoms with Crippen molar-refractivity contribution in [2.24, 2.45) is 7.05 Å². The first-order valence-electron chi connectivity index (χ1n) is 7.26. The molecule has 0 saturated heterocycles. The minimum atomic E-state index is -1.16. The van der Waals surface area contributed by atoms with E-state index in [1.807, 2.05) is 0 Å². The van der Waals surface area contributed by atoms with Gasteiger partial charge in [0, 0.05) is 12.6 Å². The Morgan fingerprint density at radius 3 is 2.60 bits per heavy atom. The van der Waals surface area contributed by atoms with Gasteiger partial charge < -0.3 is 15.4 Å². The van der Waals surface area contributed by atoms with Crippen LogP contribution in [0.3, 0.4) is 0 Å². The van der Waals surface area contributed by atoms with Gasteiger partial charge in [0.25, 0.3) is 0 Å². The van der Waals surface area contributed by atoms with Gasteiger partial charge in [-0.15, -0.1) is 12.4 Å². The van der Waals surface area contributed by atoms with Crippen LogP contribution in [-0.4, -0.2) is 30.2 Å². The monoisotopic (exact) mass is 361 g/mol. The van der Waals surface area contributed by atoms with Crippen molar-refractivity contribution in [1.29, 1.82) is 0 Å². The normalized spacial score (nSPS) is 10.9. The van der Waals surface area contributed by atoms with Crippen LogP contribution in [0.1, 0.15) is 19.7 Å². The van der Waals surface area contributed by atoms with E-state index in [1.54, 1.807) is 37.6 Å². The number of aliphatic hydroxyl groups is 1. The van der Waals surface area contributed by atoms with E-state index in [0.717, 1.165) is 0 Å². The van der Waals surface area contributed by atoms with Crippen molar-refractivity contribution in [2.75, 3.05) is 5.73 Å². The molecule has 8 heteroatoms. The molecule has 6 nitrogen and oxygen atoms in total. The fourth-order valence-corrected chi connectivity index (χ4v) is 2.23. The Balaban J connectivity index is 0.00000225. The van der Waals surface area contributed by atoms with Gasteiger partial charge in [0.15, 0.2) is 17.0 Å². The van der Waals surface area contributed by atoms with E-state index in [0.29, 0.717) is 22.6 Å². The second-order valence-corrected chi connectivity index (χ2v) is 5.92. The lowest BCUT2D eigenvalue weighted by atomic mass is 10.1. The molecule has 0 aliphatic rings. The van der Waals surface area contributed by atoms with Gasteiger partial charge >= 0.3 is 0 Å². The molecule has 2 aromatic heterocycles. The molecule has 3 aromatic rings. The van der Waals surface area contributed by atoms with Gasteiger partial charge in [-0.3, -0.25) is 0 Å². The lowest BCUT2D eigenvalue weighted by Crippen LogP contribution is -2.14. The number of nitrogens with zero attached hydrogens (tertiary/aromatic N) is 4. The van der Waals surface area contributed by atoms with Crippen LogP contribution in [-0.2, 0) is 7.05 Å². The highest BCUT2D eigenvalue weighted by atomic mass is 35.5. The molecule has 0 unspecified atom stereocenters. The van der Waals surface area contributed by atoms with Gasteiger partial charge in [-0.2, -0.15) is 0 Å². The molecule has 2 heterocycles. The van der Waals surface area contributed by atoms with Crippen molar-refractivity contribution in [1.82, 2.24) is 19.5 Å². The number of imidazole rings is 1. The standard InChI is InChI=1S/C17H16FN5O.ClH/c1-17(2,24)8-7-12-20-14(19)13-16(21-12)23(3)15(22-13)10-5-4-6-11(18)9-10;/h4-6,9,24H,1-3H3,(H2,19,20,21);1H. The summed E-state index contributed by atoms with van der Waals surface area (Å²) in [6.45, 7) is 3.13. The number of anilines is 1. The Hall–Kier alpha value is -2.69. The summed E-state index contributed by atoms with van der Waals surface area (Å²) < 4.78 is 15.2. The SMILES string of the molecule is Cl.Cn1c(-c2cccc(F)c2)nc2c(N)nc(C#CC(C)(C)O)nc21. The maximum atomic E-state index is 13.5. The van der Waals surface area contributed by atoms with E-state index in [-0.39, 0.29) is 29.9 Å². The molecule has 0 aliphatic carbocycles. The number of nitrogen functional groups attached to an aromatic ring is 1. The largest absolute Gasteiger partial charge is 0.382 e. The van der Waals surface area contributed by atoms with E-state index >= 15 is 0 Å². The third kappa shape index (κ3) is 3.87. The summed E-state index contributed by atoms with van der Waals surface area (Å²) >= 11 is 0. The molecule has 0 atom stereocenters. The number of benzene rings is 1. The van der Waals surface area contributed by atoms with Gasteiger partial charge in [-0.1, -0.05) is 18.1 Å². The molecule has 0 bridgehead atoms. The number of rotatable bonds is 1. The summed E-state index contributed by atoms with van der Waals surface area (Å²) in [5, 5.41) is 9.68. The molecule has 130 valence electrons. The topological polar surface area (TPSA) is 89.9 Å². The molecule has 3 rings (SSSR count). The molecule has 0 spiro atoms. The van der Waals surface area contributed by atoms with E-state index in [2.05, 4.69) is 26.8 Å². The summed E-state index contributed by atoms with van der Waals surface area (Å²) in [4.78, 5) is 12.9. The fourth-order valence-electron chi connectivity index (χ4n) is 2.23. The average molecular weight is 362 g/mol. The molecule has 1 aromatic carbocycles. The van der Waals surface area contributed by atoms with Crippen molar-refractivity contribution in [3.05, 3.63) is 35.9 Å². The van der Waals surface area contributed by atoms with Gasteiger partial charge in [0.2, 0.25) is 5.82 Å². The van der Waals surface area contributed by atoms with E-state index < -0.39 is 5.60 Å². The Kier molecular flexibility index (Phi) is 4.97. The first-order chi connectivity index (χ1) is 11.2. The van der Waals surface area contributed by atoms with Gasteiger partial charge in [-0.25, -0.2) is 19.3 Å². The Labute approximate surface area is 150 Å². The zero-order valence-electron chi connectivity index (χ0n) is 13.9. The Morgan fingerprint density at radius 1 is 1.24 bits per heavy atom. The smallest absolute Gasteiger partial charge is 0.209 e. The van der Waals surface area contributed by atoms with Crippen LogP contribution in [0.2, 0.25) is 0 Å². The minimum Gasteiger partial charge on any atom is -0.382 e. The highest BCUT2D eigenvalue weighted by Crippen LogP contribution is 2.25. The molecule has 0 amide bonds. The van der Waals surface area contributed by atoms with Gasteiger partial charge in [0.05, 0.1) is 0 Å². The quantitative estimate of drug-likeness (QED) is 0.649. The van der Waals surface area contributed by atoms with Crippen LogP contribution in [0.4, 0.5) is 10.2 Å². The van der Waals surface area contributed by atoms with E-state index in [1.165, 1.54) is 12.1 Å². The molecule has 0 radical (unpaired) electrons. The summed E-state index contributed by atoms with van der Waals surface area (Å²) in [5.41, 5.74) is 6.31. The van der Waals surface area contributed by atoms with Crippen LogP contribution in [0, 0.1) is 17.7 Å². The second kappa shape index (κ2) is 6.67. The van der Waals surface area contributed by atoms with Crippen LogP contribution in [0.25, 0.3) is 22.6 Å². The predicted molar refractivity (Wildman–Crippen MR) is 96.5 cm³/mol. The number of halogens is 2. The van der Waals surface area contributed by atoms with Crippen LogP contribution < -0.4 is 5.73 Å². The van der Waals surface area contributed by atoms with Crippen molar-refractivity contribution < 1.29 is 9.50 Å². The van der Waals surface area contributed by atoms with Gasteiger partial charge in [0.1, 0.15) is 17.2 Å². The van der Waals surface area contributed by atoms with Crippen molar-refractivity contribution in [3.8, 4) is 23.2 Å². The summed E-state index contributed by atoms with van der Waals surface area (Å²) in [6, 6.07) is 6.12. The molecule has 25 heavy (non-hydrogen) atoms. The molecule has 3 N–H and O–H groups in total. The highest BCUT2D eigenvalue weighted by molar-refractivity contribution is 5.86. The Bertz CT molecular complexity index is 998. The zero-order valence-corrected chi connectivity index (χ0v) is 14.7. The molecule has 0 saturated carbocycles. The van der Waals surface area contributed by atoms with E-state index in [9.17, 15) is 9.50 Å². The molecule has 0 fully saturated rings. The maximum Gasteiger partial charge on any atom is 0.209 e. The van der Waals surface area contributed by atoms with Crippen LogP contribution in [0.15, 0.2) is 24.3 Å². The van der Waals surface area contributed by atoms with Crippen molar-refractivity contribution in [3.63, 3.8) is 0 Å². The molecule has 0 aliphatic heterocycles. The Morgan fingerprint density at radius 2 is 1.96 bits per heavy atom. The minimum absolute atomic E-state index is 0. The number of fused-ring (bicyclic) bond motifs is 1. The number of nitrogens with two attached hydrogens (primary N) is 1. The zero-order chi connectivity index (χ0) is 17.5. The summed E-state index contributed by atoms with van der Waals surface area (Å²) in [6.07, 6.45) is 0. The fraction of sp³-hybridized carbons (Fsp3) is 0.235. The number of hydrogen-bond acceptors (Lipinski definition) is 5. The molecular weight excluding hydrogens is 345 g/mol. The van der Waals surface area contributed by atoms with Crippen LogP contribution in [0.5, 0.6) is 0 Å². The third-order valence-corrected chi connectivity index (χ3v) is 3.31. The first-order valence-corrected chi connectivity index (χ1v) is 7.26. The third-order valence-electron chi connectivity index (χ3n) is 3.31. The lowest BCUT2D eigenvalue weighted by Gasteiger charge is -2.05.